The van der Waals surface area contributed by atoms with Crippen LogP contribution in [0, 0.1) is 0 Å². The van der Waals surface area contributed by atoms with Crippen molar-refractivity contribution in [3.05, 3.63) is 165 Å². The number of aryl methyl sites for hydroxylation is 2. The molecule has 8 rings (SSSR count). The summed E-state index contributed by atoms with van der Waals surface area (Å²) in [5.74, 6) is 1.15. The molecule has 4 aliphatic rings. The average molecular weight is 517 g/mol. The Bertz CT molecular complexity index is 1530. The van der Waals surface area contributed by atoms with Gasteiger partial charge in [0.15, 0.2) is 0 Å². The van der Waals surface area contributed by atoms with Gasteiger partial charge in [0, 0.05) is 11.8 Å². The van der Waals surface area contributed by atoms with E-state index in [1.165, 1.54) is 70.2 Å². The van der Waals surface area contributed by atoms with Crippen molar-refractivity contribution in [3.8, 4) is 0 Å². The van der Waals surface area contributed by atoms with Gasteiger partial charge in [-0.3, -0.25) is 0 Å². The van der Waals surface area contributed by atoms with Crippen molar-refractivity contribution in [2.75, 3.05) is 0 Å². The number of hydrogen-bond donors (Lipinski definition) is 0. The predicted octanol–water partition coefficient (Wildman–Crippen LogP) is 10.4. The van der Waals surface area contributed by atoms with Gasteiger partial charge in [-0.1, -0.05) is 145 Å². The van der Waals surface area contributed by atoms with Crippen LogP contribution in [-0.2, 0) is 12.8 Å². The van der Waals surface area contributed by atoms with Crippen molar-refractivity contribution in [3.63, 3.8) is 0 Å². The molecule has 4 aromatic rings. The van der Waals surface area contributed by atoms with Gasteiger partial charge in [0.05, 0.1) is 0 Å². The van der Waals surface area contributed by atoms with Crippen LogP contribution < -0.4 is 0 Å². The van der Waals surface area contributed by atoms with Crippen LogP contribution in [0.25, 0.3) is 24.3 Å². The lowest BCUT2D eigenvalue weighted by atomic mass is 9.77. The molecule has 0 N–H and O–H groups in total. The van der Waals surface area contributed by atoms with E-state index in [4.69, 9.17) is 0 Å². The minimum Gasteiger partial charge on any atom is -0.0830 e. The molecular weight excluding hydrogens is 480 g/mol. The Morgan fingerprint density at radius 3 is 1.27 bits per heavy atom. The Labute approximate surface area is 239 Å². The van der Waals surface area contributed by atoms with Crippen LogP contribution >= 0.6 is 0 Å². The lowest BCUT2D eigenvalue weighted by Crippen LogP contribution is -2.10. The molecule has 0 aliphatic heterocycles. The van der Waals surface area contributed by atoms with Gasteiger partial charge >= 0.3 is 0 Å². The number of allylic oxidation sites excluding steroid dienone is 4. The fraction of sp³-hybridized carbons (Fsp3) is 0.200. The van der Waals surface area contributed by atoms with E-state index in [9.17, 15) is 0 Å². The molecule has 0 nitrogen and oxygen atoms in total. The summed E-state index contributed by atoms with van der Waals surface area (Å²) in [5, 5.41) is 0. The minimum atomic E-state index is 0.574. The molecular formula is C40H36. The molecule has 40 heavy (non-hydrogen) atoms. The van der Waals surface area contributed by atoms with Crippen LogP contribution in [-0.4, -0.2) is 0 Å². The largest absolute Gasteiger partial charge is 0.0830 e. The van der Waals surface area contributed by atoms with Gasteiger partial charge in [0.2, 0.25) is 0 Å². The molecule has 0 aromatic heterocycles. The summed E-state index contributed by atoms with van der Waals surface area (Å²) in [7, 11) is 0. The van der Waals surface area contributed by atoms with Crippen molar-refractivity contribution in [2.24, 2.45) is 0 Å². The quantitative estimate of drug-likeness (QED) is 0.249. The third-order valence-electron chi connectivity index (χ3n) is 9.13. The fourth-order valence-electron chi connectivity index (χ4n) is 7.04. The molecule has 0 spiro atoms. The maximum Gasteiger partial charge on any atom is 0.00921 e. The maximum atomic E-state index is 2.43. The zero-order valence-electron chi connectivity index (χ0n) is 23.1. The van der Waals surface area contributed by atoms with Gasteiger partial charge in [-0.15, -0.1) is 0 Å². The van der Waals surface area contributed by atoms with Crippen LogP contribution in [0.15, 0.2) is 120 Å². The first-order chi connectivity index (χ1) is 19.8. The summed E-state index contributed by atoms with van der Waals surface area (Å²) in [5.41, 5.74) is 14.8. The molecule has 0 heteroatoms. The molecule has 196 valence electrons. The normalized spacial score (nSPS) is 20.0. The first-order valence-electron chi connectivity index (χ1n) is 14.9. The van der Waals surface area contributed by atoms with Gasteiger partial charge in [-0.25, -0.2) is 0 Å². The Kier molecular flexibility index (Phi) is 6.92. The van der Waals surface area contributed by atoms with Crippen molar-refractivity contribution >= 4 is 24.3 Å². The molecule has 4 aliphatic carbocycles. The van der Waals surface area contributed by atoms with Gasteiger partial charge in [-0.2, -0.15) is 0 Å². The number of benzene rings is 4. The second-order valence-corrected chi connectivity index (χ2v) is 11.5. The first kappa shape index (κ1) is 24.9. The van der Waals surface area contributed by atoms with E-state index >= 15 is 0 Å². The van der Waals surface area contributed by atoms with E-state index in [1.807, 2.05) is 0 Å². The zero-order chi connectivity index (χ0) is 26.7. The van der Waals surface area contributed by atoms with Crippen LogP contribution in [0.3, 0.4) is 0 Å². The molecule has 0 saturated heterocycles. The molecule has 4 aromatic carbocycles. The molecule has 0 fully saturated rings. The Balaban J connectivity index is 0.000000132. The highest BCUT2D eigenvalue weighted by Crippen LogP contribution is 2.41. The Morgan fingerprint density at radius 2 is 0.800 bits per heavy atom. The second kappa shape index (κ2) is 11.1. The number of hydrogen-bond acceptors (Lipinski definition) is 0. The fourth-order valence-corrected chi connectivity index (χ4v) is 7.04. The van der Waals surface area contributed by atoms with E-state index in [0.717, 1.165) is 12.8 Å². The molecule has 2 unspecified atom stereocenters. The van der Waals surface area contributed by atoms with Crippen molar-refractivity contribution < 1.29 is 0 Å². The van der Waals surface area contributed by atoms with Crippen molar-refractivity contribution in [1.82, 2.24) is 0 Å². The highest BCUT2D eigenvalue weighted by atomic mass is 14.3. The maximum absolute atomic E-state index is 2.43. The van der Waals surface area contributed by atoms with Crippen LogP contribution in [0.2, 0.25) is 0 Å². The van der Waals surface area contributed by atoms with Crippen molar-refractivity contribution in [2.45, 2.75) is 50.4 Å². The van der Waals surface area contributed by atoms with Crippen LogP contribution in [0.5, 0.6) is 0 Å². The molecule has 0 saturated carbocycles. The minimum absolute atomic E-state index is 0.574. The third-order valence-corrected chi connectivity index (χ3v) is 9.13. The monoisotopic (exact) mass is 516 g/mol. The van der Waals surface area contributed by atoms with E-state index < -0.39 is 0 Å². The van der Waals surface area contributed by atoms with Gasteiger partial charge in [0.1, 0.15) is 0 Å². The SMILES string of the molecule is C1=Cc2ccccc2C(C2=Cc3ccccc3CC2)C1.C1=Cc2ccccc2C(C2=Cc3ccccc3CC2)C1. The van der Waals surface area contributed by atoms with Gasteiger partial charge in [-0.05, 0) is 83.0 Å². The highest BCUT2D eigenvalue weighted by molar-refractivity contribution is 5.67. The van der Waals surface area contributed by atoms with Crippen LogP contribution in [0.1, 0.15) is 82.0 Å². The van der Waals surface area contributed by atoms with Gasteiger partial charge < -0.3 is 0 Å². The summed E-state index contributed by atoms with van der Waals surface area (Å²) in [6.07, 6.45) is 21.1. The predicted molar refractivity (Wildman–Crippen MR) is 171 cm³/mol. The van der Waals surface area contributed by atoms with E-state index in [0.29, 0.717) is 11.8 Å². The third kappa shape index (κ3) is 4.95. The summed E-state index contributed by atoms with van der Waals surface area (Å²) >= 11 is 0. The zero-order valence-corrected chi connectivity index (χ0v) is 23.1. The van der Waals surface area contributed by atoms with E-state index in [2.05, 4.69) is 134 Å². The molecule has 2 atom stereocenters. The molecule has 0 radical (unpaired) electrons. The Morgan fingerprint density at radius 1 is 0.400 bits per heavy atom. The second-order valence-electron chi connectivity index (χ2n) is 11.5. The highest BCUT2D eigenvalue weighted by Gasteiger charge is 2.24. The number of rotatable bonds is 2. The van der Waals surface area contributed by atoms with E-state index in [1.54, 1.807) is 11.1 Å². The van der Waals surface area contributed by atoms with Crippen LogP contribution in [0.4, 0.5) is 0 Å². The van der Waals surface area contributed by atoms with E-state index in [-0.39, 0.29) is 0 Å². The molecule has 0 bridgehead atoms. The first-order valence-corrected chi connectivity index (χ1v) is 14.9. The summed E-state index contributed by atoms with van der Waals surface area (Å²) in [6.45, 7) is 0. The smallest absolute Gasteiger partial charge is 0.00921 e. The Hall–Kier alpha value is -4.16. The lowest BCUT2D eigenvalue weighted by molar-refractivity contribution is 0.738. The average Bonchev–Trinajstić information content (AvgIpc) is 3.04. The van der Waals surface area contributed by atoms with Crippen molar-refractivity contribution in [1.29, 1.82) is 0 Å². The summed E-state index contributed by atoms with van der Waals surface area (Å²) in [4.78, 5) is 0. The topological polar surface area (TPSA) is 0 Å². The number of fused-ring (bicyclic) bond motifs is 4. The lowest BCUT2D eigenvalue weighted by Gasteiger charge is -2.27. The molecule has 0 heterocycles. The summed E-state index contributed by atoms with van der Waals surface area (Å²) < 4.78 is 0. The van der Waals surface area contributed by atoms with Gasteiger partial charge in [0.25, 0.3) is 0 Å². The summed E-state index contributed by atoms with van der Waals surface area (Å²) in [6, 6.07) is 35.3. The standard InChI is InChI=1S/2C20H18/c2*1-2-8-17-14-18(13-12-15(17)6-1)20-11-5-9-16-7-3-4-10-19(16)20/h2*1-10,14,20H,11-13H2. The molecule has 0 amide bonds.